The van der Waals surface area contributed by atoms with E-state index in [1.165, 1.54) is 4.90 Å². The maximum Gasteiger partial charge on any atom is 0.248 e. The van der Waals surface area contributed by atoms with Crippen LogP contribution in [0.15, 0.2) is 0 Å². The van der Waals surface area contributed by atoms with Crippen LogP contribution in [0.2, 0.25) is 0 Å². The molecule has 1 rings (SSSR count). The lowest BCUT2D eigenvalue weighted by Gasteiger charge is -2.35. The van der Waals surface area contributed by atoms with E-state index < -0.39 is 5.60 Å². The molecular weight excluding hydrogens is 196 g/mol. The van der Waals surface area contributed by atoms with Crippen LogP contribution >= 0.6 is 0 Å². The summed E-state index contributed by atoms with van der Waals surface area (Å²) in [4.78, 5) is 12.9. The van der Waals surface area contributed by atoms with Crippen LogP contribution in [-0.2, 0) is 14.3 Å². The summed E-state index contributed by atoms with van der Waals surface area (Å²) in [5, 5.41) is 0. The van der Waals surface area contributed by atoms with Gasteiger partial charge in [0.15, 0.2) is 0 Å². The molecular formula is C10H20N2O3. The van der Waals surface area contributed by atoms with Crippen molar-refractivity contribution in [1.29, 1.82) is 0 Å². The Kier molecular flexibility index (Phi) is 4.50. The molecule has 0 aromatic carbocycles. The Morgan fingerprint density at radius 1 is 1.60 bits per heavy atom. The fraction of sp³-hybridized carbons (Fsp3) is 0.900. The molecule has 1 heterocycles. The predicted octanol–water partition coefficient (Wildman–Crippen LogP) is -0.401. The molecule has 1 aliphatic rings. The number of nitrogens with two attached hydrogens (primary N) is 1. The first-order chi connectivity index (χ1) is 7.09. The fourth-order valence-corrected chi connectivity index (χ4v) is 1.50. The van der Waals surface area contributed by atoms with Crippen molar-refractivity contribution in [3.05, 3.63) is 0 Å². The van der Waals surface area contributed by atoms with E-state index in [0.717, 1.165) is 19.4 Å². The van der Waals surface area contributed by atoms with Gasteiger partial charge >= 0.3 is 0 Å². The molecule has 1 atom stereocenters. The Morgan fingerprint density at radius 3 is 2.80 bits per heavy atom. The van der Waals surface area contributed by atoms with E-state index in [1.807, 2.05) is 0 Å². The van der Waals surface area contributed by atoms with E-state index in [2.05, 4.69) is 0 Å². The third kappa shape index (κ3) is 3.44. The SMILES string of the molecule is CN(C)C(=O)COC1(CN)CCCOC1. The van der Waals surface area contributed by atoms with Crippen molar-refractivity contribution < 1.29 is 14.3 Å². The number of amides is 1. The zero-order chi connectivity index (χ0) is 11.3. The summed E-state index contributed by atoms with van der Waals surface area (Å²) in [5.74, 6) is -0.0478. The molecule has 0 spiro atoms. The zero-order valence-corrected chi connectivity index (χ0v) is 9.49. The van der Waals surface area contributed by atoms with Gasteiger partial charge in [-0.2, -0.15) is 0 Å². The number of likely N-dealkylation sites (N-methyl/N-ethyl adjacent to an activating group) is 1. The van der Waals surface area contributed by atoms with Crippen molar-refractivity contribution in [2.24, 2.45) is 5.73 Å². The second-order valence-corrected chi connectivity index (χ2v) is 4.12. The van der Waals surface area contributed by atoms with E-state index in [1.54, 1.807) is 14.1 Å². The molecule has 1 fully saturated rings. The maximum absolute atomic E-state index is 11.4. The average molecular weight is 216 g/mol. The van der Waals surface area contributed by atoms with Crippen molar-refractivity contribution in [3.8, 4) is 0 Å². The number of hydrogen-bond donors (Lipinski definition) is 1. The van der Waals surface area contributed by atoms with Crippen molar-refractivity contribution >= 4 is 5.91 Å². The summed E-state index contributed by atoms with van der Waals surface area (Å²) in [5.41, 5.74) is 5.22. The molecule has 5 nitrogen and oxygen atoms in total. The van der Waals surface area contributed by atoms with Crippen LogP contribution in [0, 0.1) is 0 Å². The minimum absolute atomic E-state index is 0.0478. The van der Waals surface area contributed by atoms with Gasteiger partial charge in [0.2, 0.25) is 5.91 Å². The Bertz CT molecular complexity index is 213. The highest BCUT2D eigenvalue weighted by atomic mass is 16.5. The smallest absolute Gasteiger partial charge is 0.248 e. The van der Waals surface area contributed by atoms with E-state index in [9.17, 15) is 4.79 Å². The Labute approximate surface area is 90.5 Å². The summed E-state index contributed by atoms with van der Waals surface area (Å²) in [6, 6.07) is 0. The Morgan fingerprint density at radius 2 is 2.33 bits per heavy atom. The highest BCUT2D eigenvalue weighted by molar-refractivity contribution is 5.76. The molecule has 1 aliphatic heterocycles. The molecule has 0 aliphatic carbocycles. The molecule has 0 saturated carbocycles. The van der Waals surface area contributed by atoms with Gasteiger partial charge in [0.05, 0.1) is 6.61 Å². The number of rotatable bonds is 4. The molecule has 88 valence electrons. The lowest BCUT2D eigenvalue weighted by Crippen LogP contribution is -2.49. The van der Waals surface area contributed by atoms with Crippen molar-refractivity contribution in [2.45, 2.75) is 18.4 Å². The normalized spacial score (nSPS) is 26.3. The van der Waals surface area contributed by atoms with Gasteiger partial charge in [-0.15, -0.1) is 0 Å². The Hall–Kier alpha value is -0.650. The zero-order valence-electron chi connectivity index (χ0n) is 9.49. The molecule has 15 heavy (non-hydrogen) atoms. The van der Waals surface area contributed by atoms with Gasteiger partial charge in [0.25, 0.3) is 0 Å². The van der Waals surface area contributed by atoms with Crippen LogP contribution in [0.3, 0.4) is 0 Å². The highest BCUT2D eigenvalue weighted by Crippen LogP contribution is 2.22. The first-order valence-corrected chi connectivity index (χ1v) is 5.21. The van der Waals surface area contributed by atoms with Crippen molar-refractivity contribution in [1.82, 2.24) is 4.90 Å². The Balaban J connectivity index is 2.42. The van der Waals surface area contributed by atoms with Gasteiger partial charge in [-0.3, -0.25) is 4.79 Å². The van der Waals surface area contributed by atoms with Gasteiger partial charge in [-0.05, 0) is 12.8 Å². The third-order valence-corrected chi connectivity index (χ3v) is 2.66. The third-order valence-electron chi connectivity index (χ3n) is 2.66. The van der Waals surface area contributed by atoms with Crippen molar-refractivity contribution in [3.63, 3.8) is 0 Å². The van der Waals surface area contributed by atoms with Crippen LogP contribution in [0.5, 0.6) is 0 Å². The molecule has 2 N–H and O–H groups in total. The number of ether oxygens (including phenoxy) is 2. The molecule has 1 unspecified atom stereocenters. The second-order valence-electron chi connectivity index (χ2n) is 4.12. The summed E-state index contributed by atoms with van der Waals surface area (Å²) in [7, 11) is 3.41. The van der Waals surface area contributed by atoms with E-state index >= 15 is 0 Å². The predicted molar refractivity (Wildman–Crippen MR) is 56.5 cm³/mol. The fourth-order valence-electron chi connectivity index (χ4n) is 1.50. The number of nitrogens with zero attached hydrogens (tertiary/aromatic N) is 1. The lowest BCUT2D eigenvalue weighted by atomic mass is 9.96. The van der Waals surface area contributed by atoms with Crippen LogP contribution in [0.1, 0.15) is 12.8 Å². The van der Waals surface area contributed by atoms with Crippen molar-refractivity contribution in [2.75, 3.05) is 40.5 Å². The number of hydrogen-bond acceptors (Lipinski definition) is 4. The molecule has 0 aromatic rings. The van der Waals surface area contributed by atoms with Crippen LogP contribution in [0.25, 0.3) is 0 Å². The molecule has 1 amide bonds. The van der Waals surface area contributed by atoms with Gasteiger partial charge < -0.3 is 20.1 Å². The minimum Gasteiger partial charge on any atom is -0.378 e. The summed E-state index contributed by atoms with van der Waals surface area (Å²) < 4.78 is 10.9. The van der Waals surface area contributed by atoms with E-state index in [4.69, 9.17) is 15.2 Å². The van der Waals surface area contributed by atoms with E-state index in [-0.39, 0.29) is 12.5 Å². The van der Waals surface area contributed by atoms with Gasteiger partial charge in [-0.1, -0.05) is 0 Å². The van der Waals surface area contributed by atoms with Crippen LogP contribution in [0.4, 0.5) is 0 Å². The van der Waals surface area contributed by atoms with E-state index in [0.29, 0.717) is 13.2 Å². The number of carbonyl (C=O) groups excluding carboxylic acids is 1. The van der Waals surface area contributed by atoms with Gasteiger partial charge in [0.1, 0.15) is 12.2 Å². The summed E-state index contributed by atoms with van der Waals surface area (Å²) in [6.07, 6.45) is 1.80. The highest BCUT2D eigenvalue weighted by Gasteiger charge is 2.33. The quantitative estimate of drug-likeness (QED) is 0.694. The summed E-state index contributed by atoms with van der Waals surface area (Å²) in [6.45, 7) is 1.72. The molecule has 0 aromatic heterocycles. The molecule has 5 heteroatoms. The topological polar surface area (TPSA) is 64.8 Å². The van der Waals surface area contributed by atoms with Gasteiger partial charge in [-0.25, -0.2) is 0 Å². The molecule has 0 radical (unpaired) electrons. The summed E-state index contributed by atoms with van der Waals surface area (Å²) >= 11 is 0. The first-order valence-electron chi connectivity index (χ1n) is 5.21. The lowest BCUT2D eigenvalue weighted by molar-refractivity contribution is -0.153. The standard InChI is InChI=1S/C10H20N2O3/c1-12(2)9(13)6-15-10(7-11)4-3-5-14-8-10/h3-8,11H2,1-2H3. The van der Waals surface area contributed by atoms with Crippen LogP contribution in [-0.4, -0.2) is 56.9 Å². The maximum atomic E-state index is 11.4. The largest absolute Gasteiger partial charge is 0.378 e. The molecule has 0 bridgehead atoms. The minimum atomic E-state index is -0.454. The monoisotopic (exact) mass is 216 g/mol. The second kappa shape index (κ2) is 5.44. The van der Waals surface area contributed by atoms with Gasteiger partial charge in [0, 0.05) is 27.2 Å². The molecule has 1 saturated heterocycles. The van der Waals surface area contributed by atoms with Crippen LogP contribution < -0.4 is 5.73 Å². The number of carbonyl (C=O) groups is 1. The first kappa shape index (κ1) is 12.4. The average Bonchev–Trinajstić information content (AvgIpc) is 2.27.